The van der Waals surface area contributed by atoms with Crippen molar-refractivity contribution in [3.63, 3.8) is 0 Å². The lowest BCUT2D eigenvalue weighted by Crippen LogP contribution is -2.43. The maximum atomic E-state index is 14.7. The number of para-hydroxylation sites is 1. The molecule has 4 aromatic carbocycles. The standard InChI is InChI=1S/C44H45ClN4O8/c1-29(50)46-25-24-44(22-6-7-23-44)43(55)47-37(42(53)54)26-30-10-18-34(19-11-30)48-40(32-14-16-33(45)17-15-32)49(39(51)28-57-36-8-4-3-5-9-36)38(41(48)52)27-31-12-20-35(56-2)21-13-31/h3-5,8-21,26,38,40H,6-7,22-25,27-28H2,1-2H3,(H,46,50)(H,47,55)(H,53,54). The first-order valence-corrected chi connectivity index (χ1v) is 19.2. The van der Waals surface area contributed by atoms with Gasteiger partial charge in [0.05, 0.1) is 12.5 Å². The molecule has 1 saturated heterocycles. The number of carbonyl (C=O) groups is 5. The summed E-state index contributed by atoms with van der Waals surface area (Å²) >= 11 is 6.29. The predicted molar refractivity (Wildman–Crippen MR) is 215 cm³/mol. The Morgan fingerprint density at radius 3 is 2.18 bits per heavy atom. The van der Waals surface area contributed by atoms with Gasteiger partial charge in [0.1, 0.15) is 29.4 Å². The van der Waals surface area contributed by atoms with Crippen LogP contribution in [0.2, 0.25) is 5.02 Å². The summed E-state index contributed by atoms with van der Waals surface area (Å²) in [6.07, 6.45) is 3.93. The Kier molecular flexibility index (Phi) is 12.9. The van der Waals surface area contributed by atoms with Gasteiger partial charge in [-0.15, -0.1) is 0 Å². The monoisotopic (exact) mass is 792 g/mol. The first-order valence-electron chi connectivity index (χ1n) is 18.8. The third-order valence-electron chi connectivity index (χ3n) is 10.5. The molecule has 1 heterocycles. The molecule has 4 amide bonds. The van der Waals surface area contributed by atoms with Crippen LogP contribution >= 0.6 is 11.6 Å². The van der Waals surface area contributed by atoms with Crippen molar-refractivity contribution >= 4 is 53.0 Å². The number of hydrogen-bond donors (Lipinski definition) is 3. The molecule has 6 rings (SSSR count). The molecule has 1 saturated carbocycles. The van der Waals surface area contributed by atoms with Crippen LogP contribution in [0.1, 0.15) is 61.9 Å². The van der Waals surface area contributed by atoms with Crippen LogP contribution in [-0.4, -0.2) is 65.9 Å². The Bertz CT molecular complexity index is 2100. The van der Waals surface area contributed by atoms with Crippen molar-refractivity contribution < 1.29 is 38.6 Å². The fourth-order valence-corrected chi connectivity index (χ4v) is 7.68. The first-order chi connectivity index (χ1) is 27.5. The van der Waals surface area contributed by atoms with Crippen molar-refractivity contribution in [2.24, 2.45) is 5.41 Å². The lowest BCUT2D eigenvalue weighted by molar-refractivity contribution is -0.138. The molecule has 1 aliphatic heterocycles. The number of anilines is 1. The highest BCUT2D eigenvalue weighted by Gasteiger charge is 2.50. The minimum Gasteiger partial charge on any atom is -0.497 e. The summed E-state index contributed by atoms with van der Waals surface area (Å²) < 4.78 is 11.2. The summed E-state index contributed by atoms with van der Waals surface area (Å²) in [6.45, 7) is 1.40. The maximum Gasteiger partial charge on any atom is 0.352 e. The average molecular weight is 793 g/mol. The Labute approximate surface area is 336 Å². The molecule has 2 aliphatic rings. The molecule has 296 valence electrons. The average Bonchev–Trinajstić information content (AvgIpc) is 3.81. The molecule has 12 nitrogen and oxygen atoms in total. The lowest BCUT2D eigenvalue weighted by atomic mass is 9.81. The number of nitrogens with one attached hydrogen (secondary N) is 2. The van der Waals surface area contributed by atoms with Gasteiger partial charge in [0.2, 0.25) is 11.8 Å². The number of methoxy groups -OCH3 is 1. The summed E-state index contributed by atoms with van der Waals surface area (Å²) in [5.74, 6) is -1.49. The SMILES string of the molecule is COc1ccc(CC2C(=O)N(c3ccc(C=C(NC(=O)C4(CCNC(C)=O)CCCC4)C(=O)O)cc3)C(c3ccc(Cl)cc3)N2C(=O)COc2ccccc2)cc1. The molecule has 4 aromatic rings. The number of carboxylic acids is 1. The quantitative estimate of drug-likeness (QED) is 0.115. The number of rotatable bonds is 15. The fourth-order valence-electron chi connectivity index (χ4n) is 7.55. The van der Waals surface area contributed by atoms with Gasteiger partial charge in [-0.3, -0.25) is 24.1 Å². The van der Waals surface area contributed by atoms with E-state index in [9.17, 15) is 29.1 Å². The second kappa shape index (κ2) is 18.2. The van der Waals surface area contributed by atoms with E-state index >= 15 is 0 Å². The van der Waals surface area contributed by atoms with E-state index in [4.69, 9.17) is 21.1 Å². The minimum absolute atomic E-state index is 0.197. The van der Waals surface area contributed by atoms with E-state index in [-0.39, 0.29) is 30.5 Å². The van der Waals surface area contributed by atoms with Gasteiger partial charge in [-0.25, -0.2) is 4.79 Å². The van der Waals surface area contributed by atoms with E-state index < -0.39 is 35.4 Å². The first kappa shape index (κ1) is 40.5. The zero-order valence-corrected chi connectivity index (χ0v) is 32.5. The zero-order chi connectivity index (χ0) is 40.5. The summed E-state index contributed by atoms with van der Waals surface area (Å²) in [7, 11) is 1.57. The molecule has 0 bridgehead atoms. The largest absolute Gasteiger partial charge is 0.497 e. The minimum atomic E-state index is -1.31. The third-order valence-corrected chi connectivity index (χ3v) is 10.7. The van der Waals surface area contributed by atoms with Crippen molar-refractivity contribution in [3.05, 3.63) is 131 Å². The highest BCUT2D eigenvalue weighted by molar-refractivity contribution is 6.30. The molecular formula is C44H45ClN4O8. The van der Waals surface area contributed by atoms with Gasteiger partial charge >= 0.3 is 5.97 Å². The van der Waals surface area contributed by atoms with E-state index in [0.717, 1.165) is 18.4 Å². The van der Waals surface area contributed by atoms with Gasteiger partial charge in [-0.2, -0.15) is 0 Å². The number of halogens is 1. The molecule has 2 atom stereocenters. The van der Waals surface area contributed by atoms with E-state index in [1.807, 2.05) is 18.2 Å². The van der Waals surface area contributed by atoms with Crippen LogP contribution < -0.4 is 25.0 Å². The highest BCUT2D eigenvalue weighted by Crippen LogP contribution is 2.42. The molecule has 3 N–H and O–H groups in total. The Balaban J connectivity index is 1.32. The van der Waals surface area contributed by atoms with Crippen molar-refractivity contribution in [2.75, 3.05) is 25.2 Å². The number of carbonyl (C=O) groups excluding carboxylic acids is 4. The van der Waals surface area contributed by atoms with Crippen LogP contribution in [0.5, 0.6) is 11.5 Å². The van der Waals surface area contributed by atoms with Crippen molar-refractivity contribution in [1.29, 1.82) is 0 Å². The smallest absolute Gasteiger partial charge is 0.352 e. The second-order valence-corrected chi connectivity index (χ2v) is 14.7. The van der Waals surface area contributed by atoms with Crippen molar-refractivity contribution in [3.8, 4) is 11.5 Å². The number of hydrogen-bond acceptors (Lipinski definition) is 7. The van der Waals surface area contributed by atoms with Crippen LogP contribution in [-0.2, 0) is 30.4 Å². The third kappa shape index (κ3) is 9.64. The van der Waals surface area contributed by atoms with Gasteiger partial charge in [0.15, 0.2) is 6.61 Å². The highest BCUT2D eigenvalue weighted by atomic mass is 35.5. The van der Waals surface area contributed by atoms with Crippen molar-refractivity contribution in [1.82, 2.24) is 15.5 Å². The predicted octanol–water partition coefficient (Wildman–Crippen LogP) is 6.54. The van der Waals surface area contributed by atoms with Gasteiger partial charge in [-0.05, 0) is 90.6 Å². The molecular weight excluding hydrogens is 748 g/mol. The molecule has 0 spiro atoms. The molecule has 13 heteroatoms. The molecule has 0 aromatic heterocycles. The Morgan fingerprint density at radius 1 is 0.895 bits per heavy atom. The Morgan fingerprint density at radius 2 is 1.56 bits per heavy atom. The number of aliphatic carboxylic acids is 1. The number of benzene rings is 4. The summed E-state index contributed by atoms with van der Waals surface area (Å²) in [6, 6.07) is 28.9. The van der Waals surface area contributed by atoms with Gasteiger partial charge < -0.3 is 30.1 Å². The summed E-state index contributed by atoms with van der Waals surface area (Å²) in [4.78, 5) is 69.6. The van der Waals surface area contributed by atoms with Crippen LogP contribution in [0, 0.1) is 5.41 Å². The number of ether oxygens (including phenoxy) is 2. The molecule has 1 aliphatic carbocycles. The van der Waals surface area contributed by atoms with Gasteiger partial charge in [0.25, 0.3) is 11.8 Å². The summed E-state index contributed by atoms with van der Waals surface area (Å²) in [5.41, 5.74) is 1.28. The fraction of sp³-hybridized carbons (Fsp3) is 0.295. The van der Waals surface area contributed by atoms with Gasteiger partial charge in [0, 0.05) is 30.6 Å². The number of carboxylic acid groups (broad SMARTS) is 1. The molecule has 0 radical (unpaired) electrons. The van der Waals surface area contributed by atoms with Crippen molar-refractivity contribution in [2.45, 2.75) is 57.7 Å². The summed E-state index contributed by atoms with van der Waals surface area (Å²) in [5, 5.41) is 16.0. The topological polar surface area (TPSA) is 155 Å². The maximum absolute atomic E-state index is 14.7. The second-order valence-electron chi connectivity index (χ2n) is 14.2. The van der Waals surface area contributed by atoms with Crippen LogP contribution in [0.25, 0.3) is 6.08 Å². The number of amides is 4. The number of nitrogens with zero attached hydrogens (tertiary/aromatic N) is 2. The van der Waals surface area contributed by atoms with Crippen LogP contribution in [0.4, 0.5) is 5.69 Å². The molecule has 2 fully saturated rings. The van der Waals surface area contributed by atoms with Crippen LogP contribution in [0.15, 0.2) is 109 Å². The normalized spacial score (nSPS) is 17.6. The zero-order valence-electron chi connectivity index (χ0n) is 31.8. The van der Waals surface area contributed by atoms with E-state index in [2.05, 4.69) is 10.6 Å². The van der Waals surface area contributed by atoms with E-state index in [1.165, 1.54) is 13.0 Å². The Hall–Kier alpha value is -6.14. The molecule has 57 heavy (non-hydrogen) atoms. The van der Waals surface area contributed by atoms with E-state index in [1.54, 1.807) is 102 Å². The van der Waals surface area contributed by atoms with Crippen LogP contribution in [0.3, 0.4) is 0 Å². The van der Waals surface area contributed by atoms with Gasteiger partial charge in [-0.1, -0.05) is 79.0 Å². The lowest BCUT2D eigenvalue weighted by Gasteiger charge is -2.32. The molecule has 2 unspecified atom stereocenters. The van der Waals surface area contributed by atoms with E-state index in [0.29, 0.717) is 59.1 Å².